The molecule has 6 aliphatic heterocycles. The summed E-state index contributed by atoms with van der Waals surface area (Å²) in [7, 11) is 4.15. The first kappa shape index (κ1) is 76.8. The van der Waals surface area contributed by atoms with E-state index in [1.807, 2.05) is 7.05 Å². The Kier molecular flexibility index (Phi) is 26.9. The maximum atomic E-state index is 12.8. The van der Waals surface area contributed by atoms with Crippen LogP contribution in [0.15, 0.2) is 161 Å². The fraction of sp³-hybridized carbons (Fsp3) is 0.219. The van der Waals surface area contributed by atoms with Crippen molar-refractivity contribution in [2.45, 2.75) is 24.9 Å². The van der Waals surface area contributed by atoms with Crippen molar-refractivity contribution in [3.05, 3.63) is 227 Å². The normalized spacial score (nSPS) is 17.4. The standard InChI is InChI=1S/C17H17ClN6O3.2C14H9ClN4O4.C11H7ClN4O2.C5H12N2.C3H3ClO2/c1-22-6-8-23(9-7-22)17(26)27-16-14-13(19-4-5-20-14)15(25)24(16)12-3-2-11(18)10-21-12;2*1-2-22-14(21)23-13-11-10(16-5-6-17-11)12(20)19(13)9-4-3-8(15)7-18-9;12-6-1-2-7(15-5-6)16-10(17)8-9(11(16)18)14-4-3-13-8;1-7-4-2-6-3-5-7;1-2-6-3(4)5/h2-5,10,16H,6-9H2,1H3;2*2-7,13H,1H2;1-5,10,17H;6H,2-5H2,1H3;2H,1H2/t16-;13-;;;;/m00..../s1. The number of ether oxygens (including phenoxy) is 6. The van der Waals surface area contributed by atoms with Gasteiger partial charge in [0, 0.05) is 138 Å². The molecule has 0 spiro atoms. The molecule has 0 radical (unpaired) electrons. The molecule has 40 heteroatoms. The van der Waals surface area contributed by atoms with E-state index >= 15 is 0 Å². The number of aromatic nitrogens is 12. The summed E-state index contributed by atoms with van der Waals surface area (Å²) in [5, 5.41) is 15.0. The lowest BCUT2D eigenvalue weighted by atomic mass is 10.3. The maximum absolute atomic E-state index is 12.8. The molecule has 8 aromatic rings. The van der Waals surface area contributed by atoms with Crippen molar-refractivity contribution in [1.29, 1.82) is 0 Å². The van der Waals surface area contributed by atoms with Gasteiger partial charge in [-0.05, 0) is 62.6 Å². The van der Waals surface area contributed by atoms with Crippen LogP contribution in [-0.2, 0) is 28.4 Å². The molecule has 6 aliphatic rings. The van der Waals surface area contributed by atoms with Gasteiger partial charge in [0.1, 0.15) is 46.0 Å². The number of hydrogen-bond acceptors (Lipinski definition) is 30. The SMILES string of the molecule is C=COC(=O)Cl.C=COC(=O)OC1c2nccnc2C(=O)N1c1ccc(Cl)cn1.C=COC(=O)O[C@H]1c2nccnc2C(=O)N1c1ccc(Cl)cn1.CN1CCN(C(=O)O[C@H]2c3nccnc3C(=O)N2c2ccc(Cl)cn2)CC1.CN1CCNCC1.O=C1c2nccnc2C(O)N1c1ccc(Cl)cn1. The summed E-state index contributed by atoms with van der Waals surface area (Å²) in [5.74, 6) is -0.786. The lowest BCUT2D eigenvalue weighted by Gasteiger charge is -2.33. The van der Waals surface area contributed by atoms with Gasteiger partial charge in [-0.15, -0.1) is 0 Å². The van der Waals surface area contributed by atoms with Gasteiger partial charge in [-0.2, -0.15) is 0 Å². The second-order valence-corrected chi connectivity index (χ2v) is 23.2. The lowest BCUT2D eigenvalue weighted by Crippen LogP contribution is -2.48. The van der Waals surface area contributed by atoms with Crippen molar-refractivity contribution in [1.82, 2.24) is 79.8 Å². The Hall–Kier alpha value is -11.4. The molecule has 2 fully saturated rings. The van der Waals surface area contributed by atoms with Gasteiger partial charge in [-0.3, -0.25) is 44.0 Å². The van der Waals surface area contributed by atoms with E-state index in [-0.39, 0.29) is 51.5 Å². The summed E-state index contributed by atoms with van der Waals surface area (Å²) in [6, 6.07) is 12.5. The monoisotopic (exact) mass is 1520 g/mol. The molecule has 0 bridgehead atoms. The third kappa shape index (κ3) is 19.0. The van der Waals surface area contributed by atoms with Crippen LogP contribution in [0.2, 0.25) is 20.1 Å². The van der Waals surface area contributed by atoms with Crippen LogP contribution in [-0.4, -0.2) is 194 Å². The van der Waals surface area contributed by atoms with Crippen molar-refractivity contribution in [3.63, 3.8) is 0 Å². The highest BCUT2D eigenvalue weighted by atomic mass is 35.5. The molecular formula is C64H57Cl5N20O15. The van der Waals surface area contributed by atoms with Crippen molar-refractivity contribution in [2.24, 2.45) is 0 Å². The van der Waals surface area contributed by atoms with Crippen molar-refractivity contribution >= 4 is 129 Å². The summed E-state index contributed by atoms with van der Waals surface area (Å²) < 4.78 is 29.0. The van der Waals surface area contributed by atoms with Crippen molar-refractivity contribution in [3.8, 4) is 0 Å². The molecular weight excluding hydrogens is 1470 g/mol. The lowest BCUT2D eigenvalue weighted by molar-refractivity contribution is 0.0438. The Bertz CT molecular complexity index is 4310. The molecule has 35 nitrogen and oxygen atoms in total. The molecule has 4 atom stereocenters. The number of aliphatic hydroxyl groups excluding tert-OH is 1. The number of piperazine rings is 2. The van der Waals surface area contributed by atoms with Crippen LogP contribution >= 0.6 is 58.0 Å². The maximum Gasteiger partial charge on any atom is 0.515 e. The van der Waals surface area contributed by atoms with Crippen LogP contribution in [0.3, 0.4) is 0 Å². The van der Waals surface area contributed by atoms with Gasteiger partial charge in [-0.25, -0.2) is 73.7 Å². The minimum Gasteiger partial charge on any atom is -0.423 e. The van der Waals surface area contributed by atoms with E-state index in [9.17, 15) is 43.5 Å². The number of nitrogens with zero attached hydrogens (tertiary/aromatic N) is 19. The number of likely N-dealkylation sites (N-methyl/N-ethyl adjacent to an activating group) is 2. The molecule has 2 N–H and O–H groups in total. The first-order chi connectivity index (χ1) is 50.1. The number of aliphatic hydroxyl groups is 1. The number of anilines is 4. The van der Waals surface area contributed by atoms with Crippen LogP contribution in [0.4, 0.5) is 42.4 Å². The van der Waals surface area contributed by atoms with E-state index in [0.29, 0.717) is 50.5 Å². The Balaban J connectivity index is 0.000000153. The zero-order chi connectivity index (χ0) is 74.6. The fourth-order valence-electron chi connectivity index (χ4n) is 9.81. The third-order valence-corrected chi connectivity index (χ3v) is 15.6. The smallest absolute Gasteiger partial charge is 0.423 e. The van der Waals surface area contributed by atoms with Gasteiger partial charge < -0.3 is 53.5 Å². The van der Waals surface area contributed by atoms with Gasteiger partial charge in [0.15, 0.2) is 29.0 Å². The van der Waals surface area contributed by atoms with Gasteiger partial charge in [-0.1, -0.05) is 66.1 Å². The van der Waals surface area contributed by atoms with Crippen LogP contribution in [0.25, 0.3) is 0 Å². The summed E-state index contributed by atoms with van der Waals surface area (Å²) in [6.45, 7) is 17.0. The molecule has 104 heavy (non-hydrogen) atoms. The summed E-state index contributed by atoms with van der Waals surface area (Å²) >= 11 is 27.9. The Morgan fingerprint density at radius 1 is 0.433 bits per heavy atom. The third-order valence-electron chi connectivity index (χ3n) is 14.6. The van der Waals surface area contributed by atoms with Gasteiger partial charge in [0.25, 0.3) is 23.6 Å². The summed E-state index contributed by atoms with van der Waals surface area (Å²) in [6.07, 6.45) is 12.5. The number of pyridine rings is 4. The number of rotatable bonds is 10. The largest absolute Gasteiger partial charge is 0.515 e. The highest BCUT2D eigenvalue weighted by Gasteiger charge is 2.47. The molecule has 0 aromatic carbocycles. The highest BCUT2D eigenvalue weighted by molar-refractivity contribution is 6.61. The Labute approximate surface area is 615 Å². The topological polar surface area (TPSA) is 402 Å². The fourth-order valence-corrected chi connectivity index (χ4v) is 10.3. The minimum absolute atomic E-state index is 0.0700. The van der Waals surface area contributed by atoms with Crippen LogP contribution in [0.5, 0.6) is 0 Å². The van der Waals surface area contributed by atoms with Crippen molar-refractivity contribution in [2.75, 3.05) is 86.1 Å². The predicted molar refractivity (Wildman–Crippen MR) is 370 cm³/mol. The van der Waals surface area contributed by atoms with Gasteiger partial charge in [0.05, 0.1) is 38.9 Å². The average molecular weight is 1520 g/mol. The second kappa shape index (κ2) is 36.5. The van der Waals surface area contributed by atoms with Gasteiger partial charge >= 0.3 is 23.8 Å². The van der Waals surface area contributed by atoms with E-state index in [4.69, 9.17) is 60.6 Å². The van der Waals surface area contributed by atoms with E-state index in [2.05, 4.69) is 128 Å². The van der Waals surface area contributed by atoms with Crippen molar-refractivity contribution < 1.29 is 71.9 Å². The number of halogens is 5. The van der Waals surface area contributed by atoms with Crippen LogP contribution in [0.1, 0.15) is 89.6 Å². The average Bonchev–Trinajstić information content (AvgIpc) is 1.65. The predicted octanol–water partition coefficient (Wildman–Crippen LogP) is 8.73. The zero-order valence-corrected chi connectivity index (χ0v) is 58.2. The minimum atomic E-state index is -1.17. The molecule has 538 valence electrons. The molecule has 2 saturated heterocycles. The van der Waals surface area contributed by atoms with Crippen LogP contribution < -0.4 is 24.9 Å². The number of amides is 5. The summed E-state index contributed by atoms with van der Waals surface area (Å²) in [4.78, 5) is 155. The number of nitrogens with one attached hydrogen (secondary N) is 1. The molecule has 2 unspecified atom stereocenters. The molecule has 14 rings (SSSR count). The first-order valence-electron chi connectivity index (χ1n) is 30.3. The van der Waals surface area contributed by atoms with E-state index in [1.54, 1.807) is 41.3 Å². The summed E-state index contributed by atoms with van der Waals surface area (Å²) in [5.41, 5.74) is 0.477. The van der Waals surface area contributed by atoms with Crippen LogP contribution in [0, 0.1) is 0 Å². The molecule has 5 amide bonds. The number of carbonyl (C=O) groups is 8. The van der Waals surface area contributed by atoms with E-state index in [1.165, 1.54) is 104 Å². The second-order valence-electron chi connectivity index (χ2n) is 21.2. The molecule has 14 heterocycles. The van der Waals surface area contributed by atoms with E-state index in [0.717, 1.165) is 59.7 Å². The first-order valence-corrected chi connectivity index (χ1v) is 32.2. The molecule has 8 aromatic heterocycles. The number of fused-ring (bicyclic) bond motifs is 4. The Morgan fingerprint density at radius 3 is 1.04 bits per heavy atom. The Morgan fingerprint density at radius 2 is 0.740 bits per heavy atom. The molecule has 0 aliphatic carbocycles. The van der Waals surface area contributed by atoms with E-state index < -0.39 is 72.4 Å². The zero-order valence-electron chi connectivity index (χ0n) is 54.4. The van der Waals surface area contributed by atoms with Gasteiger partial charge in [0.2, 0.25) is 18.7 Å². The quantitative estimate of drug-likeness (QED) is 0.0559. The number of carbonyl (C=O) groups excluding carboxylic acids is 8. The molecule has 0 saturated carbocycles. The highest BCUT2D eigenvalue weighted by Crippen LogP contribution is 2.39. The number of hydrogen-bond donors (Lipinski definition) is 2.